The molecular weight excluding hydrogens is 312 g/mol. The predicted octanol–water partition coefficient (Wildman–Crippen LogP) is 4.44. The van der Waals surface area contributed by atoms with Crippen molar-refractivity contribution in [3.05, 3.63) is 47.3 Å². The van der Waals surface area contributed by atoms with Gasteiger partial charge in [-0.15, -0.1) is 0 Å². The summed E-state index contributed by atoms with van der Waals surface area (Å²) in [4.78, 5) is 20.9. The van der Waals surface area contributed by atoms with Crippen LogP contribution in [0.5, 0.6) is 0 Å². The highest BCUT2D eigenvalue weighted by atomic mass is 16.1. The first-order chi connectivity index (χ1) is 12.0. The monoisotopic (exact) mass is 340 g/mol. The van der Waals surface area contributed by atoms with Gasteiger partial charge in [-0.2, -0.15) is 0 Å². The molecule has 5 nitrogen and oxygen atoms in total. The smallest absolute Gasteiger partial charge is 0.224 e. The molecule has 0 spiro atoms. The van der Waals surface area contributed by atoms with Gasteiger partial charge in [0.2, 0.25) is 11.9 Å². The minimum atomic E-state index is 0.0406. The fourth-order valence-corrected chi connectivity index (χ4v) is 2.73. The third-order valence-electron chi connectivity index (χ3n) is 4.22. The molecule has 1 aromatic heterocycles. The molecule has 0 radical (unpaired) electrons. The number of hydrogen-bond acceptors (Lipinski definition) is 4. The SMILES string of the molecule is CCC(C)c1ccccc1NC(=O)CCCNc1nc(C)cc(C)n1. The van der Waals surface area contributed by atoms with Crippen molar-refractivity contribution < 1.29 is 4.79 Å². The van der Waals surface area contributed by atoms with Crippen molar-refractivity contribution in [1.29, 1.82) is 0 Å². The van der Waals surface area contributed by atoms with Crippen molar-refractivity contribution in [2.24, 2.45) is 0 Å². The molecule has 0 bridgehead atoms. The summed E-state index contributed by atoms with van der Waals surface area (Å²) in [7, 11) is 0. The Bertz CT molecular complexity index is 694. The molecule has 2 N–H and O–H groups in total. The third kappa shape index (κ3) is 5.85. The topological polar surface area (TPSA) is 66.9 Å². The maximum atomic E-state index is 12.2. The van der Waals surface area contributed by atoms with Gasteiger partial charge in [0.25, 0.3) is 0 Å². The summed E-state index contributed by atoms with van der Waals surface area (Å²) in [5, 5.41) is 6.23. The molecule has 134 valence electrons. The van der Waals surface area contributed by atoms with Crippen LogP contribution in [0.4, 0.5) is 11.6 Å². The first-order valence-corrected chi connectivity index (χ1v) is 8.94. The van der Waals surface area contributed by atoms with E-state index in [-0.39, 0.29) is 5.91 Å². The Morgan fingerprint density at radius 2 is 1.84 bits per heavy atom. The van der Waals surface area contributed by atoms with E-state index in [4.69, 9.17) is 0 Å². The third-order valence-corrected chi connectivity index (χ3v) is 4.22. The second-order valence-electron chi connectivity index (χ2n) is 6.45. The molecule has 0 saturated heterocycles. The van der Waals surface area contributed by atoms with Crippen molar-refractivity contribution in [2.45, 2.75) is 52.9 Å². The Labute approximate surface area is 150 Å². The van der Waals surface area contributed by atoms with Crippen molar-refractivity contribution in [3.8, 4) is 0 Å². The molecular formula is C20H28N4O. The zero-order valence-corrected chi connectivity index (χ0v) is 15.6. The maximum absolute atomic E-state index is 12.2. The van der Waals surface area contributed by atoms with E-state index in [1.54, 1.807) is 0 Å². The van der Waals surface area contributed by atoms with Crippen LogP contribution in [-0.4, -0.2) is 22.4 Å². The van der Waals surface area contributed by atoms with E-state index < -0.39 is 0 Å². The summed E-state index contributed by atoms with van der Waals surface area (Å²) in [6.07, 6.45) is 2.24. The Kier molecular flexibility index (Phi) is 6.92. The molecule has 0 aliphatic rings. The van der Waals surface area contributed by atoms with Gasteiger partial charge in [-0.05, 0) is 50.3 Å². The number of aryl methyl sites for hydroxylation is 2. The van der Waals surface area contributed by atoms with Gasteiger partial charge in [0, 0.05) is 30.0 Å². The lowest BCUT2D eigenvalue weighted by atomic mass is 9.97. The number of anilines is 2. The minimum Gasteiger partial charge on any atom is -0.354 e. The average Bonchev–Trinajstić information content (AvgIpc) is 2.58. The van der Waals surface area contributed by atoms with Gasteiger partial charge in [0.05, 0.1) is 0 Å². The molecule has 0 fully saturated rings. The number of benzene rings is 1. The van der Waals surface area contributed by atoms with Crippen LogP contribution in [0.15, 0.2) is 30.3 Å². The fourth-order valence-electron chi connectivity index (χ4n) is 2.73. The Morgan fingerprint density at radius 1 is 1.16 bits per heavy atom. The van der Waals surface area contributed by atoms with Crippen molar-refractivity contribution >= 4 is 17.5 Å². The van der Waals surface area contributed by atoms with E-state index in [1.807, 2.05) is 38.1 Å². The highest BCUT2D eigenvalue weighted by Crippen LogP contribution is 2.26. The van der Waals surface area contributed by atoms with Gasteiger partial charge in [-0.25, -0.2) is 9.97 Å². The zero-order valence-electron chi connectivity index (χ0n) is 15.6. The molecule has 5 heteroatoms. The highest BCUT2D eigenvalue weighted by Gasteiger charge is 2.10. The summed E-state index contributed by atoms with van der Waals surface area (Å²) < 4.78 is 0. The van der Waals surface area contributed by atoms with Crippen LogP contribution in [0.2, 0.25) is 0 Å². The fraction of sp³-hybridized carbons (Fsp3) is 0.450. The Morgan fingerprint density at radius 3 is 2.52 bits per heavy atom. The highest BCUT2D eigenvalue weighted by molar-refractivity contribution is 5.91. The number of amides is 1. The zero-order chi connectivity index (χ0) is 18.2. The maximum Gasteiger partial charge on any atom is 0.224 e. The van der Waals surface area contributed by atoms with Gasteiger partial charge >= 0.3 is 0 Å². The molecule has 1 heterocycles. The predicted molar refractivity (Wildman–Crippen MR) is 103 cm³/mol. The molecule has 25 heavy (non-hydrogen) atoms. The van der Waals surface area contributed by atoms with E-state index in [9.17, 15) is 4.79 Å². The van der Waals surface area contributed by atoms with Gasteiger partial charge in [-0.3, -0.25) is 4.79 Å². The first-order valence-electron chi connectivity index (χ1n) is 8.94. The normalized spacial score (nSPS) is 11.8. The van der Waals surface area contributed by atoms with Crippen LogP contribution >= 0.6 is 0 Å². The molecule has 1 amide bonds. The number of aromatic nitrogens is 2. The van der Waals surface area contributed by atoms with Crippen LogP contribution in [0, 0.1) is 13.8 Å². The van der Waals surface area contributed by atoms with Crippen LogP contribution in [-0.2, 0) is 4.79 Å². The van der Waals surface area contributed by atoms with E-state index in [0.29, 0.717) is 24.8 Å². The van der Waals surface area contributed by atoms with Crippen LogP contribution < -0.4 is 10.6 Å². The quantitative estimate of drug-likeness (QED) is 0.697. The summed E-state index contributed by atoms with van der Waals surface area (Å²) in [6, 6.07) is 9.97. The molecule has 2 rings (SSSR count). The molecule has 1 atom stereocenters. The Balaban J connectivity index is 1.81. The lowest BCUT2D eigenvalue weighted by molar-refractivity contribution is -0.116. The molecule has 0 aliphatic heterocycles. The lowest BCUT2D eigenvalue weighted by Gasteiger charge is -2.15. The Hall–Kier alpha value is -2.43. The van der Waals surface area contributed by atoms with Crippen molar-refractivity contribution in [2.75, 3.05) is 17.2 Å². The van der Waals surface area contributed by atoms with Crippen LogP contribution in [0.3, 0.4) is 0 Å². The molecule has 0 saturated carbocycles. The van der Waals surface area contributed by atoms with Gasteiger partial charge < -0.3 is 10.6 Å². The number of rotatable bonds is 8. The largest absolute Gasteiger partial charge is 0.354 e. The molecule has 1 aromatic carbocycles. The van der Waals surface area contributed by atoms with Crippen LogP contribution in [0.1, 0.15) is 56.0 Å². The summed E-state index contributed by atoms with van der Waals surface area (Å²) >= 11 is 0. The lowest BCUT2D eigenvalue weighted by Crippen LogP contribution is -2.15. The van der Waals surface area contributed by atoms with Crippen molar-refractivity contribution in [3.63, 3.8) is 0 Å². The second kappa shape index (κ2) is 9.16. The van der Waals surface area contributed by atoms with Gasteiger partial charge in [0.15, 0.2) is 0 Å². The number of hydrogen-bond donors (Lipinski definition) is 2. The summed E-state index contributed by atoms with van der Waals surface area (Å²) in [6.45, 7) is 8.90. The number of nitrogens with zero attached hydrogens (tertiary/aromatic N) is 2. The number of para-hydroxylation sites is 1. The molecule has 1 unspecified atom stereocenters. The van der Waals surface area contributed by atoms with Gasteiger partial charge in [-0.1, -0.05) is 32.0 Å². The first kappa shape index (κ1) is 18.9. The van der Waals surface area contributed by atoms with Gasteiger partial charge in [0.1, 0.15) is 0 Å². The standard InChI is InChI=1S/C20H28N4O/c1-5-14(2)17-9-6-7-10-18(17)24-19(25)11-8-12-21-20-22-15(3)13-16(4)23-20/h6-7,9-10,13-14H,5,8,11-12H2,1-4H3,(H,24,25)(H,21,22,23). The van der Waals surface area contributed by atoms with Crippen molar-refractivity contribution in [1.82, 2.24) is 9.97 Å². The summed E-state index contributed by atoms with van der Waals surface area (Å²) in [5.74, 6) is 1.10. The molecule has 0 aliphatic carbocycles. The number of carbonyl (C=O) groups excluding carboxylic acids is 1. The molecule has 2 aromatic rings. The van der Waals surface area contributed by atoms with E-state index in [2.05, 4.69) is 40.5 Å². The van der Waals surface area contributed by atoms with E-state index in [0.717, 1.165) is 29.9 Å². The number of carbonyl (C=O) groups is 1. The average molecular weight is 340 g/mol. The van der Waals surface area contributed by atoms with Crippen LogP contribution in [0.25, 0.3) is 0 Å². The minimum absolute atomic E-state index is 0.0406. The van der Waals surface area contributed by atoms with E-state index >= 15 is 0 Å². The second-order valence-corrected chi connectivity index (χ2v) is 6.45. The number of nitrogens with one attached hydrogen (secondary N) is 2. The summed E-state index contributed by atoms with van der Waals surface area (Å²) in [5.41, 5.74) is 4.00. The van der Waals surface area contributed by atoms with E-state index in [1.165, 1.54) is 5.56 Å².